The highest BCUT2D eigenvalue weighted by Crippen LogP contribution is 2.46. The van der Waals surface area contributed by atoms with Crippen LogP contribution in [-0.4, -0.2) is 4.98 Å². The number of oxazole rings is 1. The Morgan fingerprint density at radius 3 is 1.84 bits per heavy atom. The van der Waals surface area contributed by atoms with Crippen molar-refractivity contribution in [3.05, 3.63) is 206 Å². The average Bonchev–Trinajstić information content (AvgIpc) is 3.72. The van der Waals surface area contributed by atoms with Crippen molar-refractivity contribution in [3.63, 3.8) is 0 Å². The van der Waals surface area contributed by atoms with Crippen molar-refractivity contribution in [1.82, 2.24) is 4.98 Å². The summed E-state index contributed by atoms with van der Waals surface area (Å²) < 4.78 is 6.71. The largest absolute Gasteiger partial charge is 0.435 e. The number of hydrogen-bond acceptors (Lipinski definition) is 3. The monoisotopic (exact) mass is 714 g/mol. The van der Waals surface area contributed by atoms with E-state index in [9.17, 15) is 0 Å². The summed E-state index contributed by atoms with van der Waals surface area (Å²) in [5.74, 6) is 0.619. The van der Waals surface area contributed by atoms with Crippen LogP contribution < -0.4 is 4.90 Å². The zero-order valence-electron chi connectivity index (χ0n) is 30.4. The van der Waals surface area contributed by atoms with E-state index >= 15 is 0 Å². The number of hydrogen-bond donors (Lipinski definition) is 0. The standard InChI is InChI=1S/C53H34N2O/c1-4-15-36(16-5-1)47-33-40-26-30-49-52(56-53(54-49)37-17-6-2-7-18-37)51(40)48-34-42(27-28-45(47)48)55(41-20-8-3-9-21-41)50-31-29-43(44-22-12-13-23-46(44)50)39-25-24-35-14-10-11-19-38(35)32-39/h1-34H. The molecule has 1 heterocycles. The third-order valence-electron chi connectivity index (χ3n) is 11.0. The summed E-state index contributed by atoms with van der Waals surface area (Å²) in [5.41, 5.74) is 10.6. The van der Waals surface area contributed by atoms with Crippen LogP contribution in [0.1, 0.15) is 0 Å². The van der Waals surface area contributed by atoms with E-state index in [2.05, 4.69) is 181 Å². The fourth-order valence-electron chi connectivity index (χ4n) is 8.40. The molecule has 1 aromatic heterocycles. The molecule has 0 N–H and O–H groups in total. The molecule has 262 valence electrons. The molecule has 0 amide bonds. The van der Waals surface area contributed by atoms with Crippen LogP contribution >= 0.6 is 0 Å². The van der Waals surface area contributed by atoms with Gasteiger partial charge in [-0.25, -0.2) is 4.98 Å². The quantitative estimate of drug-likeness (QED) is 0.161. The van der Waals surface area contributed by atoms with Crippen LogP contribution in [0.4, 0.5) is 17.1 Å². The number of aromatic nitrogens is 1. The first-order valence-electron chi connectivity index (χ1n) is 19.0. The molecule has 0 radical (unpaired) electrons. The fraction of sp³-hybridized carbons (Fsp3) is 0. The summed E-state index contributed by atoms with van der Waals surface area (Å²) in [6.45, 7) is 0. The van der Waals surface area contributed by atoms with Crippen molar-refractivity contribution in [3.8, 4) is 33.7 Å². The van der Waals surface area contributed by atoms with Crippen molar-refractivity contribution >= 4 is 71.3 Å². The van der Waals surface area contributed by atoms with Crippen LogP contribution in [0.5, 0.6) is 0 Å². The second kappa shape index (κ2) is 13.1. The fourth-order valence-corrected chi connectivity index (χ4v) is 8.40. The Hall–Kier alpha value is -7.49. The van der Waals surface area contributed by atoms with E-state index in [4.69, 9.17) is 9.40 Å². The zero-order valence-corrected chi connectivity index (χ0v) is 30.4. The maximum absolute atomic E-state index is 6.71. The molecule has 0 fully saturated rings. The first-order chi connectivity index (χ1) is 27.8. The summed E-state index contributed by atoms with van der Waals surface area (Å²) in [7, 11) is 0. The van der Waals surface area contributed by atoms with Gasteiger partial charge in [0.2, 0.25) is 5.89 Å². The molecule has 0 spiro atoms. The molecule has 3 nitrogen and oxygen atoms in total. The molecule has 0 bridgehead atoms. The molecule has 56 heavy (non-hydrogen) atoms. The number of para-hydroxylation sites is 1. The van der Waals surface area contributed by atoms with E-state index in [1.807, 2.05) is 30.3 Å². The molecule has 0 atom stereocenters. The maximum Gasteiger partial charge on any atom is 0.227 e. The summed E-state index contributed by atoms with van der Waals surface area (Å²) in [6, 6.07) is 73.6. The van der Waals surface area contributed by atoms with E-state index in [-0.39, 0.29) is 0 Å². The Balaban J connectivity index is 1.17. The smallest absolute Gasteiger partial charge is 0.227 e. The van der Waals surface area contributed by atoms with Gasteiger partial charge in [-0.15, -0.1) is 0 Å². The molecule has 11 rings (SSSR count). The van der Waals surface area contributed by atoms with Crippen molar-refractivity contribution in [2.45, 2.75) is 0 Å². The Bertz CT molecular complexity index is 3240. The van der Waals surface area contributed by atoms with Gasteiger partial charge in [-0.2, -0.15) is 0 Å². The second-order valence-electron chi connectivity index (χ2n) is 14.3. The Labute approximate surface area is 324 Å². The van der Waals surface area contributed by atoms with E-state index in [1.165, 1.54) is 43.8 Å². The van der Waals surface area contributed by atoms with Gasteiger partial charge in [0.25, 0.3) is 0 Å². The van der Waals surface area contributed by atoms with Gasteiger partial charge >= 0.3 is 0 Å². The van der Waals surface area contributed by atoms with Crippen molar-refractivity contribution in [1.29, 1.82) is 0 Å². The molecule has 0 saturated carbocycles. The topological polar surface area (TPSA) is 29.3 Å². The molecule has 0 aliphatic carbocycles. The third kappa shape index (κ3) is 5.32. The highest BCUT2D eigenvalue weighted by Gasteiger charge is 2.21. The van der Waals surface area contributed by atoms with Crippen LogP contribution in [0.25, 0.3) is 87.9 Å². The first-order valence-corrected chi connectivity index (χ1v) is 19.0. The summed E-state index contributed by atoms with van der Waals surface area (Å²) >= 11 is 0. The van der Waals surface area contributed by atoms with E-state index in [1.54, 1.807) is 0 Å². The van der Waals surface area contributed by atoms with Gasteiger partial charge in [0.05, 0.1) is 5.69 Å². The van der Waals surface area contributed by atoms with Gasteiger partial charge in [-0.1, -0.05) is 146 Å². The minimum atomic E-state index is 0.619. The van der Waals surface area contributed by atoms with Gasteiger partial charge < -0.3 is 9.32 Å². The number of anilines is 3. The molecule has 0 aliphatic rings. The highest BCUT2D eigenvalue weighted by atomic mass is 16.3. The van der Waals surface area contributed by atoms with Crippen molar-refractivity contribution in [2.75, 3.05) is 4.90 Å². The Morgan fingerprint density at radius 1 is 0.375 bits per heavy atom. The molecule has 0 aliphatic heterocycles. The summed E-state index contributed by atoms with van der Waals surface area (Å²) in [6.07, 6.45) is 0. The number of benzene rings is 10. The SMILES string of the molecule is c1ccc(-c2nc3ccc4cc(-c5ccccc5)c5ccc(N(c6ccccc6)c6ccc(-c7ccc8ccccc8c7)c7ccccc67)cc5c4c3o2)cc1. The molecule has 11 aromatic rings. The number of fused-ring (bicyclic) bond motifs is 7. The van der Waals surface area contributed by atoms with Crippen molar-refractivity contribution in [2.24, 2.45) is 0 Å². The number of nitrogens with zero attached hydrogens (tertiary/aromatic N) is 2. The normalized spacial score (nSPS) is 11.6. The minimum Gasteiger partial charge on any atom is -0.435 e. The third-order valence-corrected chi connectivity index (χ3v) is 11.0. The van der Waals surface area contributed by atoms with E-state index in [0.717, 1.165) is 55.3 Å². The molecule has 10 aromatic carbocycles. The first kappa shape index (κ1) is 32.0. The zero-order chi connectivity index (χ0) is 37.0. The van der Waals surface area contributed by atoms with Crippen LogP contribution in [0.15, 0.2) is 211 Å². The predicted molar refractivity (Wildman–Crippen MR) is 235 cm³/mol. The maximum atomic E-state index is 6.71. The van der Waals surface area contributed by atoms with Crippen molar-refractivity contribution < 1.29 is 4.42 Å². The van der Waals surface area contributed by atoms with E-state index in [0.29, 0.717) is 5.89 Å². The lowest BCUT2D eigenvalue weighted by atomic mass is 9.92. The summed E-state index contributed by atoms with van der Waals surface area (Å²) in [5, 5.41) is 9.28. The van der Waals surface area contributed by atoms with Gasteiger partial charge in [-0.05, 0) is 115 Å². The van der Waals surface area contributed by atoms with Gasteiger partial charge in [-0.3, -0.25) is 0 Å². The van der Waals surface area contributed by atoms with Crippen LogP contribution in [0.2, 0.25) is 0 Å². The van der Waals surface area contributed by atoms with E-state index < -0.39 is 0 Å². The lowest BCUT2D eigenvalue weighted by molar-refractivity contribution is 0.623. The number of rotatable bonds is 6. The molecule has 0 saturated heterocycles. The minimum absolute atomic E-state index is 0.619. The summed E-state index contributed by atoms with van der Waals surface area (Å²) in [4.78, 5) is 7.37. The molecular weight excluding hydrogens is 681 g/mol. The average molecular weight is 715 g/mol. The van der Waals surface area contributed by atoms with Gasteiger partial charge in [0, 0.05) is 27.7 Å². The van der Waals surface area contributed by atoms with Crippen LogP contribution in [-0.2, 0) is 0 Å². The van der Waals surface area contributed by atoms with Gasteiger partial charge in [0.15, 0.2) is 5.58 Å². The highest BCUT2D eigenvalue weighted by molar-refractivity contribution is 6.22. The Morgan fingerprint density at radius 2 is 1.04 bits per heavy atom. The van der Waals surface area contributed by atoms with Crippen LogP contribution in [0, 0.1) is 0 Å². The lowest BCUT2D eigenvalue weighted by Gasteiger charge is -2.28. The molecular formula is C53H34N2O. The Kier molecular flexibility index (Phi) is 7.49. The molecule has 3 heteroatoms. The predicted octanol–water partition coefficient (Wildman–Crippen LogP) is 14.9. The van der Waals surface area contributed by atoms with Gasteiger partial charge in [0.1, 0.15) is 5.52 Å². The van der Waals surface area contributed by atoms with Crippen LogP contribution in [0.3, 0.4) is 0 Å². The molecule has 0 unspecified atom stereocenters. The second-order valence-corrected chi connectivity index (χ2v) is 14.3. The lowest BCUT2D eigenvalue weighted by Crippen LogP contribution is -2.10.